The molecule has 0 bridgehead atoms. The van der Waals surface area contributed by atoms with Gasteiger partial charge in [-0.25, -0.2) is 4.79 Å². The van der Waals surface area contributed by atoms with Gasteiger partial charge in [0.25, 0.3) is 5.22 Å². The van der Waals surface area contributed by atoms with Crippen LogP contribution in [0.3, 0.4) is 0 Å². The number of aliphatic carboxylic acids is 1. The zero-order valence-electron chi connectivity index (χ0n) is 17.2. The number of para-hydroxylation sites is 1. The van der Waals surface area contributed by atoms with Crippen LogP contribution in [0.5, 0.6) is 5.75 Å². The van der Waals surface area contributed by atoms with Gasteiger partial charge >= 0.3 is 5.97 Å². The van der Waals surface area contributed by atoms with Crippen LogP contribution in [0.4, 0.5) is 0 Å². The second kappa shape index (κ2) is 11.0. The molecule has 172 valence electrons. The monoisotopic (exact) mass is 532 g/mol. The topological polar surface area (TPSA) is 85.5 Å². The summed E-state index contributed by atoms with van der Waals surface area (Å²) in [5.41, 5.74) is 1.98. The van der Waals surface area contributed by atoms with Crippen LogP contribution in [-0.2, 0) is 11.4 Å². The Hall–Kier alpha value is -2.97. The number of aromatic nitrogens is 2. The van der Waals surface area contributed by atoms with Crippen molar-refractivity contribution < 1.29 is 19.1 Å². The van der Waals surface area contributed by atoms with Gasteiger partial charge in [-0.15, -0.1) is 10.2 Å². The van der Waals surface area contributed by atoms with E-state index in [1.165, 1.54) is 6.08 Å². The number of carboxylic acid groups (broad SMARTS) is 1. The summed E-state index contributed by atoms with van der Waals surface area (Å²) in [6.45, 7) is 0.185. The average molecular weight is 534 g/mol. The molecule has 1 aromatic heterocycles. The van der Waals surface area contributed by atoms with Crippen LogP contribution in [0.25, 0.3) is 17.5 Å². The van der Waals surface area contributed by atoms with Gasteiger partial charge in [-0.1, -0.05) is 59.1 Å². The van der Waals surface area contributed by atoms with Crippen molar-refractivity contribution in [3.05, 3.63) is 97.8 Å². The van der Waals surface area contributed by atoms with E-state index in [2.05, 4.69) is 10.2 Å². The minimum atomic E-state index is -1.15. The molecular weight excluding hydrogens is 519 g/mol. The minimum Gasteiger partial charge on any atom is -0.488 e. The number of halogens is 3. The van der Waals surface area contributed by atoms with Crippen LogP contribution in [0, 0.1) is 0 Å². The van der Waals surface area contributed by atoms with Crippen LogP contribution in [-0.4, -0.2) is 21.3 Å². The van der Waals surface area contributed by atoms with Gasteiger partial charge in [0, 0.05) is 31.8 Å². The van der Waals surface area contributed by atoms with Gasteiger partial charge in [0.2, 0.25) is 5.89 Å². The molecule has 3 aromatic carbocycles. The third-order valence-corrected chi connectivity index (χ3v) is 6.20. The Morgan fingerprint density at radius 3 is 2.47 bits per heavy atom. The molecule has 6 nitrogen and oxygen atoms in total. The maximum atomic E-state index is 11.9. The van der Waals surface area contributed by atoms with Gasteiger partial charge in [0.05, 0.1) is 0 Å². The molecule has 0 aliphatic carbocycles. The number of nitrogens with zero attached hydrogens (tertiary/aromatic N) is 2. The summed E-state index contributed by atoms with van der Waals surface area (Å²) in [4.78, 5) is 11.9. The van der Waals surface area contributed by atoms with E-state index in [9.17, 15) is 9.90 Å². The van der Waals surface area contributed by atoms with Gasteiger partial charge in [-0.05, 0) is 60.3 Å². The first-order valence-corrected chi connectivity index (χ1v) is 11.7. The second-order valence-corrected chi connectivity index (χ2v) is 9.13. The molecule has 0 unspecified atom stereocenters. The lowest BCUT2D eigenvalue weighted by atomic mass is 10.2. The maximum Gasteiger partial charge on any atom is 0.342 e. The highest BCUT2D eigenvalue weighted by Gasteiger charge is 2.17. The fourth-order valence-electron chi connectivity index (χ4n) is 2.86. The van der Waals surface area contributed by atoms with Crippen molar-refractivity contribution in [2.75, 3.05) is 0 Å². The minimum absolute atomic E-state index is 0.0214. The highest BCUT2D eigenvalue weighted by atomic mass is 35.5. The summed E-state index contributed by atoms with van der Waals surface area (Å²) in [5.74, 6) is -0.403. The zero-order chi connectivity index (χ0) is 24.1. The van der Waals surface area contributed by atoms with Crippen molar-refractivity contribution in [3.8, 4) is 17.2 Å². The van der Waals surface area contributed by atoms with Crippen LogP contribution in [0.2, 0.25) is 15.1 Å². The molecule has 10 heteroatoms. The van der Waals surface area contributed by atoms with Gasteiger partial charge < -0.3 is 14.3 Å². The molecule has 0 radical (unpaired) electrons. The van der Waals surface area contributed by atoms with Crippen molar-refractivity contribution >= 4 is 58.6 Å². The van der Waals surface area contributed by atoms with E-state index < -0.39 is 5.97 Å². The molecule has 0 saturated heterocycles. The largest absolute Gasteiger partial charge is 0.488 e. The predicted molar refractivity (Wildman–Crippen MR) is 133 cm³/mol. The number of rotatable bonds is 8. The van der Waals surface area contributed by atoms with Crippen LogP contribution >= 0.6 is 46.6 Å². The number of hydrogen-bond donors (Lipinski definition) is 1. The van der Waals surface area contributed by atoms with Crippen molar-refractivity contribution in [3.63, 3.8) is 0 Å². The van der Waals surface area contributed by atoms with E-state index in [-0.39, 0.29) is 22.6 Å². The first kappa shape index (κ1) is 24.2. The maximum absolute atomic E-state index is 11.9. The SMILES string of the molecule is O=C(O)/C(=C/c1ccccc1OCc1ccc(Cl)cc1Cl)Sc1nnc(-c2ccc(Cl)cc2)o1. The number of thioether (sulfide) groups is 1. The number of carbonyl (C=O) groups is 1. The van der Waals surface area contributed by atoms with Gasteiger partial charge in [0.1, 0.15) is 17.3 Å². The third kappa shape index (κ3) is 6.12. The zero-order valence-corrected chi connectivity index (χ0v) is 20.3. The van der Waals surface area contributed by atoms with Crippen molar-refractivity contribution in [1.82, 2.24) is 10.2 Å². The highest BCUT2D eigenvalue weighted by Crippen LogP contribution is 2.32. The predicted octanol–water partition coefficient (Wildman–Crippen LogP) is 7.49. The average Bonchev–Trinajstić information content (AvgIpc) is 3.28. The summed E-state index contributed by atoms with van der Waals surface area (Å²) in [6.07, 6.45) is 1.48. The number of carboxylic acids is 1. The highest BCUT2D eigenvalue weighted by molar-refractivity contribution is 8.03. The third-order valence-electron chi connectivity index (χ3n) is 4.51. The van der Waals surface area contributed by atoms with Gasteiger partial charge in [-0.3, -0.25) is 0 Å². The van der Waals surface area contributed by atoms with E-state index in [4.69, 9.17) is 44.0 Å². The Kier molecular flexibility index (Phi) is 7.80. The lowest BCUT2D eigenvalue weighted by Crippen LogP contribution is -2.00. The molecule has 0 aliphatic rings. The first-order valence-electron chi connectivity index (χ1n) is 9.77. The molecule has 34 heavy (non-hydrogen) atoms. The van der Waals surface area contributed by atoms with Gasteiger partial charge in [-0.2, -0.15) is 0 Å². The first-order chi connectivity index (χ1) is 16.4. The smallest absolute Gasteiger partial charge is 0.342 e. The summed E-state index contributed by atoms with van der Waals surface area (Å²) in [7, 11) is 0. The van der Waals surface area contributed by atoms with Crippen molar-refractivity contribution in [2.45, 2.75) is 11.8 Å². The van der Waals surface area contributed by atoms with Crippen LogP contribution in [0.15, 0.2) is 81.3 Å². The molecule has 0 fully saturated rings. The standard InChI is InChI=1S/C24H15Cl3N2O4S/c25-17-8-5-14(6-9-17)22-28-29-24(33-22)34-21(23(30)31)11-15-3-1-2-4-20(15)32-13-16-7-10-18(26)12-19(16)27/h1-12H,13H2,(H,30,31)/b21-11-. The Balaban J connectivity index is 1.54. The molecule has 1 heterocycles. The van der Waals surface area contributed by atoms with Crippen molar-refractivity contribution in [1.29, 1.82) is 0 Å². The van der Waals surface area contributed by atoms with E-state index in [1.807, 2.05) is 0 Å². The summed E-state index contributed by atoms with van der Waals surface area (Å²) >= 11 is 18.9. The molecule has 0 amide bonds. The second-order valence-electron chi connectivity index (χ2n) is 6.86. The molecular formula is C24H15Cl3N2O4S. The van der Waals surface area contributed by atoms with E-state index in [1.54, 1.807) is 66.7 Å². The molecule has 0 aliphatic heterocycles. The molecule has 0 spiro atoms. The fourth-order valence-corrected chi connectivity index (χ4v) is 4.11. The molecule has 1 N–H and O–H groups in total. The van der Waals surface area contributed by atoms with Crippen molar-refractivity contribution in [2.24, 2.45) is 0 Å². The Bertz CT molecular complexity index is 1360. The lowest BCUT2D eigenvalue weighted by Gasteiger charge is -2.11. The number of ether oxygens (including phenoxy) is 1. The summed E-state index contributed by atoms with van der Waals surface area (Å²) in [6, 6.07) is 19.1. The Morgan fingerprint density at radius 2 is 1.74 bits per heavy atom. The summed E-state index contributed by atoms with van der Waals surface area (Å²) < 4.78 is 11.5. The molecule has 4 aromatic rings. The van der Waals surface area contributed by atoms with E-state index >= 15 is 0 Å². The molecule has 0 saturated carbocycles. The normalized spacial score (nSPS) is 11.4. The van der Waals surface area contributed by atoms with E-state index in [0.29, 0.717) is 31.9 Å². The molecule has 4 rings (SSSR count). The lowest BCUT2D eigenvalue weighted by molar-refractivity contribution is -0.131. The Labute approximate surface area is 214 Å². The van der Waals surface area contributed by atoms with Crippen LogP contribution < -0.4 is 4.74 Å². The quantitative estimate of drug-likeness (QED) is 0.185. The van der Waals surface area contributed by atoms with Gasteiger partial charge in [0.15, 0.2) is 0 Å². The number of benzene rings is 3. The fraction of sp³-hybridized carbons (Fsp3) is 0.0417. The van der Waals surface area contributed by atoms with E-state index in [0.717, 1.165) is 17.3 Å². The summed E-state index contributed by atoms with van der Waals surface area (Å²) in [5, 5.41) is 19.4. The molecule has 0 atom stereocenters. The Morgan fingerprint density at radius 1 is 1.00 bits per heavy atom. The number of hydrogen-bond acceptors (Lipinski definition) is 6. The van der Waals surface area contributed by atoms with Crippen LogP contribution in [0.1, 0.15) is 11.1 Å².